The van der Waals surface area contributed by atoms with E-state index >= 15 is 0 Å². The Balaban J connectivity index is 1.91. The molecule has 23 heavy (non-hydrogen) atoms. The summed E-state index contributed by atoms with van der Waals surface area (Å²) in [6, 6.07) is 14.9. The molecular weight excluding hydrogens is 290 g/mol. The number of benzene rings is 2. The first-order chi connectivity index (χ1) is 11.1. The van der Waals surface area contributed by atoms with Gasteiger partial charge in [0.05, 0.1) is 13.0 Å². The molecule has 0 spiro atoms. The Kier molecular flexibility index (Phi) is 5.92. The molecule has 1 atom stereocenters. The first-order valence-electron chi connectivity index (χ1n) is 7.57. The van der Waals surface area contributed by atoms with Gasteiger partial charge in [0.2, 0.25) is 0 Å². The molecule has 0 aliphatic carbocycles. The van der Waals surface area contributed by atoms with Crippen molar-refractivity contribution in [2.75, 3.05) is 12.8 Å². The highest BCUT2D eigenvalue weighted by atomic mass is 16.5. The van der Waals surface area contributed by atoms with Crippen LogP contribution < -0.4 is 10.5 Å². The molecule has 2 aromatic rings. The maximum absolute atomic E-state index is 12.3. The summed E-state index contributed by atoms with van der Waals surface area (Å²) in [5, 5.41) is 0. The summed E-state index contributed by atoms with van der Waals surface area (Å²) >= 11 is 0. The second-order valence-electron chi connectivity index (χ2n) is 5.50. The average molecular weight is 311 g/mol. The van der Waals surface area contributed by atoms with Crippen molar-refractivity contribution >= 4 is 17.8 Å². The molecule has 0 radical (unpaired) electrons. The Labute approximate surface area is 136 Å². The maximum Gasteiger partial charge on any atom is 0.143 e. The van der Waals surface area contributed by atoms with Crippen LogP contribution in [0.25, 0.3) is 0 Å². The van der Waals surface area contributed by atoms with Gasteiger partial charge in [-0.25, -0.2) is 0 Å². The Morgan fingerprint density at radius 1 is 1.09 bits per heavy atom. The predicted molar refractivity (Wildman–Crippen MR) is 90.4 cm³/mol. The number of ether oxygens (including phenoxy) is 1. The number of ketones is 1. The molecule has 4 heteroatoms. The lowest BCUT2D eigenvalue weighted by Gasteiger charge is -2.10. The van der Waals surface area contributed by atoms with Gasteiger partial charge in [0, 0.05) is 12.1 Å². The van der Waals surface area contributed by atoms with Crippen molar-refractivity contribution in [3.05, 3.63) is 59.7 Å². The monoisotopic (exact) mass is 311 g/mol. The molecular formula is C19H21NO3. The van der Waals surface area contributed by atoms with Crippen LogP contribution in [0.2, 0.25) is 0 Å². The lowest BCUT2D eigenvalue weighted by Crippen LogP contribution is -2.19. The highest BCUT2D eigenvalue weighted by Gasteiger charge is 2.18. The summed E-state index contributed by atoms with van der Waals surface area (Å²) in [4.78, 5) is 23.5. The fraction of sp³-hybridized carbons (Fsp3) is 0.263. The van der Waals surface area contributed by atoms with E-state index in [4.69, 9.17) is 10.5 Å². The number of anilines is 1. The molecule has 0 fully saturated rings. The van der Waals surface area contributed by atoms with Gasteiger partial charge in [-0.15, -0.1) is 0 Å². The summed E-state index contributed by atoms with van der Waals surface area (Å²) in [6.45, 7) is 0. The molecule has 0 bridgehead atoms. The van der Waals surface area contributed by atoms with Crippen LogP contribution in [0.1, 0.15) is 17.5 Å². The number of nitrogen functional groups attached to an aromatic ring is 1. The van der Waals surface area contributed by atoms with E-state index in [0.717, 1.165) is 23.2 Å². The minimum atomic E-state index is -0.600. The van der Waals surface area contributed by atoms with E-state index in [1.807, 2.05) is 36.4 Å². The van der Waals surface area contributed by atoms with Crippen LogP contribution in [0.5, 0.6) is 5.75 Å². The Morgan fingerprint density at radius 3 is 2.26 bits per heavy atom. The third-order valence-corrected chi connectivity index (χ3v) is 3.83. The molecule has 0 aliphatic heterocycles. The van der Waals surface area contributed by atoms with Crippen LogP contribution >= 0.6 is 0 Å². The van der Waals surface area contributed by atoms with Gasteiger partial charge >= 0.3 is 0 Å². The van der Waals surface area contributed by atoms with E-state index in [0.29, 0.717) is 24.9 Å². The Morgan fingerprint density at radius 2 is 1.70 bits per heavy atom. The number of hydrogen-bond acceptors (Lipinski definition) is 4. The van der Waals surface area contributed by atoms with E-state index in [9.17, 15) is 9.59 Å². The lowest BCUT2D eigenvalue weighted by atomic mass is 9.93. The quantitative estimate of drug-likeness (QED) is 0.462. The van der Waals surface area contributed by atoms with Crippen molar-refractivity contribution in [3.8, 4) is 5.75 Å². The molecule has 0 amide bonds. The van der Waals surface area contributed by atoms with Gasteiger partial charge in [-0.05, 0) is 48.2 Å². The summed E-state index contributed by atoms with van der Waals surface area (Å²) in [5.74, 6) is 0.152. The highest BCUT2D eigenvalue weighted by Crippen LogP contribution is 2.16. The zero-order valence-corrected chi connectivity index (χ0v) is 13.2. The molecule has 1 unspecified atom stereocenters. The lowest BCUT2D eigenvalue weighted by molar-refractivity contribution is -0.127. The van der Waals surface area contributed by atoms with Crippen molar-refractivity contribution < 1.29 is 14.3 Å². The molecule has 0 aromatic heterocycles. The van der Waals surface area contributed by atoms with Gasteiger partial charge in [-0.3, -0.25) is 4.79 Å². The van der Waals surface area contributed by atoms with E-state index in [2.05, 4.69) is 0 Å². The van der Waals surface area contributed by atoms with Crippen LogP contribution in [0.4, 0.5) is 5.69 Å². The van der Waals surface area contributed by atoms with Crippen molar-refractivity contribution in [2.24, 2.45) is 5.92 Å². The van der Waals surface area contributed by atoms with Crippen molar-refractivity contribution in [1.29, 1.82) is 0 Å². The number of rotatable bonds is 8. The number of hydrogen-bond donors (Lipinski definition) is 1. The average Bonchev–Trinajstić information content (AvgIpc) is 2.59. The Hall–Kier alpha value is -2.62. The summed E-state index contributed by atoms with van der Waals surface area (Å²) in [6.07, 6.45) is 2.14. The summed E-state index contributed by atoms with van der Waals surface area (Å²) in [5.41, 5.74) is 8.30. The van der Waals surface area contributed by atoms with Crippen LogP contribution in [-0.2, 0) is 22.4 Å². The van der Waals surface area contributed by atoms with Crippen LogP contribution in [0.15, 0.2) is 48.5 Å². The predicted octanol–water partition coefficient (Wildman–Crippen LogP) is 2.84. The number of carbonyl (C=O) groups excluding carboxylic acids is 2. The van der Waals surface area contributed by atoms with E-state index in [1.165, 1.54) is 0 Å². The van der Waals surface area contributed by atoms with E-state index in [-0.39, 0.29) is 5.78 Å². The number of Topliss-reactive ketones (excluding diaryl/α,β-unsaturated/α-hetero) is 1. The van der Waals surface area contributed by atoms with Crippen molar-refractivity contribution in [2.45, 2.75) is 19.3 Å². The highest BCUT2D eigenvalue weighted by molar-refractivity contribution is 5.93. The summed E-state index contributed by atoms with van der Waals surface area (Å²) in [7, 11) is 1.62. The maximum atomic E-state index is 12.3. The largest absolute Gasteiger partial charge is 0.497 e. The second kappa shape index (κ2) is 8.13. The molecule has 0 heterocycles. The molecule has 2 aromatic carbocycles. The van der Waals surface area contributed by atoms with Gasteiger partial charge in [-0.2, -0.15) is 0 Å². The van der Waals surface area contributed by atoms with Gasteiger partial charge in [0.1, 0.15) is 17.8 Å². The SMILES string of the molecule is COc1ccc(CCC(=O)C(C=O)Cc2ccc(N)cc2)cc1. The third-order valence-electron chi connectivity index (χ3n) is 3.83. The van der Waals surface area contributed by atoms with Crippen molar-refractivity contribution in [3.63, 3.8) is 0 Å². The molecule has 2 rings (SSSR count). The van der Waals surface area contributed by atoms with E-state index in [1.54, 1.807) is 19.2 Å². The summed E-state index contributed by atoms with van der Waals surface area (Å²) < 4.78 is 5.10. The number of aryl methyl sites for hydroxylation is 1. The van der Waals surface area contributed by atoms with Gasteiger partial charge < -0.3 is 15.3 Å². The fourth-order valence-electron chi connectivity index (χ4n) is 2.39. The molecule has 120 valence electrons. The standard InChI is InChI=1S/C19H21NO3/c1-23-18-9-4-14(5-10-18)6-11-19(22)16(13-21)12-15-2-7-17(20)8-3-15/h2-5,7-10,13,16H,6,11-12,20H2,1H3. The Bertz CT molecular complexity index is 647. The van der Waals surface area contributed by atoms with Crippen LogP contribution in [0, 0.1) is 5.92 Å². The first-order valence-corrected chi connectivity index (χ1v) is 7.57. The van der Waals surface area contributed by atoms with Gasteiger partial charge in [0.25, 0.3) is 0 Å². The molecule has 4 nitrogen and oxygen atoms in total. The third kappa shape index (κ3) is 4.95. The zero-order chi connectivity index (χ0) is 16.7. The molecule has 2 N–H and O–H groups in total. The number of nitrogens with two attached hydrogens (primary N) is 1. The number of aldehydes is 1. The first kappa shape index (κ1) is 16.7. The fourth-order valence-corrected chi connectivity index (χ4v) is 2.39. The van der Waals surface area contributed by atoms with Crippen molar-refractivity contribution in [1.82, 2.24) is 0 Å². The van der Waals surface area contributed by atoms with Gasteiger partial charge in [0.15, 0.2) is 0 Å². The number of methoxy groups -OCH3 is 1. The van der Waals surface area contributed by atoms with Crippen LogP contribution in [0.3, 0.4) is 0 Å². The minimum Gasteiger partial charge on any atom is -0.497 e. The minimum absolute atomic E-state index is 0.0346. The van der Waals surface area contributed by atoms with E-state index < -0.39 is 5.92 Å². The molecule has 0 saturated carbocycles. The van der Waals surface area contributed by atoms with Gasteiger partial charge in [-0.1, -0.05) is 24.3 Å². The second-order valence-corrected chi connectivity index (χ2v) is 5.50. The van der Waals surface area contributed by atoms with Crippen LogP contribution in [-0.4, -0.2) is 19.2 Å². The zero-order valence-electron chi connectivity index (χ0n) is 13.2. The molecule has 0 saturated heterocycles. The normalized spacial score (nSPS) is 11.7. The molecule has 0 aliphatic rings. The topological polar surface area (TPSA) is 69.4 Å². The smallest absolute Gasteiger partial charge is 0.143 e. The number of carbonyl (C=O) groups is 2.